The van der Waals surface area contributed by atoms with Gasteiger partial charge in [-0.05, 0) is 13.8 Å². The molecule has 2 amide bonds. The van der Waals surface area contributed by atoms with Gasteiger partial charge in [0.2, 0.25) is 11.8 Å². The van der Waals surface area contributed by atoms with E-state index in [-0.39, 0.29) is 29.9 Å². The van der Waals surface area contributed by atoms with Crippen LogP contribution in [0.2, 0.25) is 0 Å². The molecule has 0 unspecified atom stereocenters. The summed E-state index contributed by atoms with van der Waals surface area (Å²) in [5.74, 6) is -0.945. The van der Waals surface area contributed by atoms with Gasteiger partial charge in [-0.15, -0.1) is 0 Å². The number of carbonyl (C=O) groups is 3. The molecule has 0 aromatic rings. The maximum Gasteiger partial charge on any atom is 0.223 e. The zero-order chi connectivity index (χ0) is 12.0. The zero-order valence-corrected chi connectivity index (χ0v) is 9.59. The van der Waals surface area contributed by atoms with Gasteiger partial charge in [0.15, 0.2) is 5.78 Å². The van der Waals surface area contributed by atoms with E-state index < -0.39 is 6.04 Å². The number of ketones is 1. The van der Waals surface area contributed by atoms with Crippen LogP contribution in [-0.4, -0.2) is 30.7 Å². The first kappa shape index (κ1) is 13.6. The largest absolute Gasteiger partial charge is 0.359 e. The second-order valence-electron chi connectivity index (χ2n) is 3.62. The van der Waals surface area contributed by atoms with E-state index in [9.17, 15) is 14.4 Å². The minimum Gasteiger partial charge on any atom is -0.359 e. The van der Waals surface area contributed by atoms with E-state index in [0.717, 1.165) is 0 Å². The summed E-state index contributed by atoms with van der Waals surface area (Å²) in [6, 6.07) is -0.491. The summed E-state index contributed by atoms with van der Waals surface area (Å²) in [6.45, 7) is 4.69. The standard InChI is InChI=1S/C10H18N2O3/c1-6(10(15)11-4)5-9(14)12-7(2)8(3)13/h6-7H,5H2,1-4H3,(H,11,15)(H,12,14)/t6-,7+/m1/s1. The highest BCUT2D eigenvalue weighted by atomic mass is 16.2. The molecule has 0 heterocycles. The van der Waals surface area contributed by atoms with Crippen molar-refractivity contribution >= 4 is 17.6 Å². The van der Waals surface area contributed by atoms with Crippen molar-refractivity contribution in [1.29, 1.82) is 0 Å². The molecule has 0 saturated carbocycles. The summed E-state index contributed by atoms with van der Waals surface area (Å²) in [7, 11) is 1.52. The van der Waals surface area contributed by atoms with Crippen molar-refractivity contribution in [2.45, 2.75) is 33.2 Å². The van der Waals surface area contributed by atoms with Crippen molar-refractivity contribution in [3.8, 4) is 0 Å². The third-order valence-electron chi connectivity index (χ3n) is 2.17. The van der Waals surface area contributed by atoms with Crippen LogP contribution < -0.4 is 10.6 Å². The van der Waals surface area contributed by atoms with Crippen LogP contribution in [-0.2, 0) is 14.4 Å². The molecular formula is C10H18N2O3. The van der Waals surface area contributed by atoms with Gasteiger partial charge in [-0.3, -0.25) is 14.4 Å². The lowest BCUT2D eigenvalue weighted by molar-refractivity contribution is -0.130. The molecule has 5 nitrogen and oxygen atoms in total. The van der Waals surface area contributed by atoms with Crippen LogP contribution in [0.25, 0.3) is 0 Å². The molecule has 5 heteroatoms. The predicted molar refractivity (Wildman–Crippen MR) is 56.1 cm³/mol. The molecule has 0 saturated heterocycles. The average Bonchev–Trinajstić information content (AvgIpc) is 2.15. The molecule has 2 N–H and O–H groups in total. The second kappa shape index (κ2) is 6.16. The van der Waals surface area contributed by atoms with Gasteiger partial charge in [0.05, 0.1) is 6.04 Å². The van der Waals surface area contributed by atoms with Gasteiger partial charge in [0.1, 0.15) is 0 Å². The van der Waals surface area contributed by atoms with Crippen LogP contribution >= 0.6 is 0 Å². The summed E-state index contributed by atoms with van der Waals surface area (Å²) < 4.78 is 0. The molecule has 0 aliphatic rings. The van der Waals surface area contributed by atoms with Crippen LogP contribution in [0.3, 0.4) is 0 Å². The SMILES string of the molecule is CNC(=O)[C@H](C)CC(=O)N[C@@H](C)C(C)=O. The van der Waals surface area contributed by atoms with Gasteiger partial charge in [-0.25, -0.2) is 0 Å². The van der Waals surface area contributed by atoms with Crippen molar-refractivity contribution in [2.75, 3.05) is 7.05 Å². The van der Waals surface area contributed by atoms with Crippen molar-refractivity contribution in [2.24, 2.45) is 5.92 Å². The molecule has 86 valence electrons. The van der Waals surface area contributed by atoms with Crippen LogP contribution in [0.15, 0.2) is 0 Å². The van der Waals surface area contributed by atoms with E-state index >= 15 is 0 Å². The molecule has 15 heavy (non-hydrogen) atoms. The first-order valence-electron chi connectivity index (χ1n) is 4.89. The van der Waals surface area contributed by atoms with Gasteiger partial charge in [0.25, 0.3) is 0 Å². The second-order valence-corrected chi connectivity index (χ2v) is 3.62. The normalized spacial score (nSPS) is 13.9. The molecule has 0 aromatic heterocycles. The fourth-order valence-corrected chi connectivity index (χ4v) is 1.02. The predicted octanol–water partition coefficient (Wildman–Crippen LogP) is -0.148. The number of carbonyl (C=O) groups excluding carboxylic acids is 3. The maximum atomic E-state index is 11.3. The van der Waals surface area contributed by atoms with Gasteiger partial charge in [0, 0.05) is 19.4 Å². The van der Waals surface area contributed by atoms with Crippen molar-refractivity contribution in [3.63, 3.8) is 0 Å². The summed E-state index contributed by atoms with van der Waals surface area (Å²) in [4.78, 5) is 33.3. The van der Waals surface area contributed by atoms with E-state index in [1.807, 2.05) is 0 Å². The summed E-state index contributed by atoms with van der Waals surface area (Å²) in [5.41, 5.74) is 0. The third-order valence-corrected chi connectivity index (χ3v) is 2.17. The molecular weight excluding hydrogens is 196 g/mol. The zero-order valence-electron chi connectivity index (χ0n) is 9.59. The molecule has 0 bridgehead atoms. The minimum absolute atomic E-state index is 0.0945. The van der Waals surface area contributed by atoms with Crippen molar-refractivity contribution in [3.05, 3.63) is 0 Å². The van der Waals surface area contributed by atoms with Gasteiger partial charge in [-0.1, -0.05) is 6.92 Å². The Labute approximate surface area is 89.6 Å². The average molecular weight is 214 g/mol. The van der Waals surface area contributed by atoms with E-state index in [1.165, 1.54) is 14.0 Å². The number of amides is 2. The maximum absolute atomic E-state index is 11.3. The molecule has 0 rings (SSSR count). The lowest BCUT2D eigenvalue weighted by Gasteiger charge is -2.13. The van der Waals surface area contributed by atoms with E-state index in [2.05, 4.69) is 10.6 Å². The fourth-order valence-electron chi connectivity index (χ4n) is 1.02. The lowest BCUT2D eigenvalue weighted by atomic mass is 10.1. The molecule has 0 aliphatic carbocycles. The Balaban J connectivity index is 4.04. The Hall–Kier alpha value is -1.39. The number of hydrogen-bond acceptors (Lipinski definition) is 3. The highest BCUT2D eigenvalue weighted by Crippen LogP contribution is 2.01. The molecule has 0 aromatic carbocycles. The van der Waals surface area contributed by atoms with Crippen LogP contribution in [0.4, 0.5) is 0 Å². The Morgan fingerprint density at radius 2 is 1.73 bits per heavy atom. The molecule has 0 spiro atoms. The van der Waals surface area contributed by atoms with Crippen LogP contribution in [0.1, 0.15) is 27.2 Å². The Bertz CT molecular complexity index is 263. The van der Waals surface area contributed by atoms with Gasteiger partial charge in [-0.2, -0.15) is 0 Å². The number of Topliss-reactive ketones (excluding diaryl/α,β-unsaturated/α-hetero) is 1. The van der Waals surface area contributed by atoms with Gasteiger partial charge >= 0.3 is 0 Å². The highest BCUT2D eigenvalue weighted by molar-refractivity contribution is 5.89. The minimum atomic E-state index is -0.491. The summed E-state index contributed by atoms with van der Waals surface area (Å²) >= 11 is 0. The third kappa shape index (κ3) is 5.15. The first-order chi connectivity index (χ1) is 6.88. The number of hydrogen-bond donors (Lipinski definition) is 2. The smallest absolute Gasteiger partial charge is 0.223 e. The van der Waals surface area contributed by atoms with Crippen LogP contribution in [0.5, 0.6) is 0 Å². The summed E-state index contributed by atoms with van der Waals surface area (Å²) in [5, 5.41) is 4.98. The topological polar surface area (TPSA) is 75.3 Å². The molecule has 0 aliphatic heterocycles. The Kier molecular flexibility index (Phi) is 5.59. The Morgan fingerprint density at radius 1 is 1.20 bits per heavy atom. The highest BCUT2D eigenvalue weighted by Gasteiger charge is 2.17. The lowest BCUT2D eigenvalue weighted by Crippen LogP contribution is -2.39. The van der Waals surface area contributed by atoms with Gasteiger partial charge < -0.3 is 10.6 Å². The fraction of sp³-hybridized carbons (Fsp3) is 0.700. The van der Waals surface area contributed by atoms with Crippen molar-refractivity contribution in [1.82, 2.24) is 10.6 Å². The molecule has 2 atom stereocenters. The monoisotopic (exact) mass is 214 g/mol. The van der Waals surface area contributed by atoms with E-state index in [4.69, 9.17) is 0 Å². The molecule has 0 fully saturated rings. The summed E-state index contributed by atoms with van der Waals surface area (Å²) in [6.07, 6.45) is 0.0945. The van der Waals surface area contributed by atoms with E-state index in [0.29, 0.717) is 0 Å². The molecule has 0 radical (unpaired) electrons. The quantitative estimate of drug-likeness (QED) is 0.668. The van der Waals surface area contributed by atoms with E-state index in [1.54, 1.807) is 13.8 Å². The number of rotatable bonds is 5. The Morgan fingerprint density at radius 3 is 2.13 bits per heavy atom. The van der Waals surface area contributed by atoms with Crippen molar-refractivity contribution < 1.29 is 14.4 Å². The number of nitrogens with one attached hydrogen (secondary N) is 2. The first-order valence-corrected chi connectivity index (χ1v) is 4.89. The van der Waals surface area contributed by atoms with Crippen LogP contribution in [0, 0.1) is 5.92 Å².